The van der Waals surface area contributed by atoms with Crippen molar-refractivity contribution in [2.24, 2.45) is 0 Å². The Labute approximate surface area is 161 Å². The van der Waals surface area contributed by atoms with Crippen LogP contribution in [0.4, 0.5) is 5.95 Å². The molecule has 144 valence electrons. The van der Waals surface area contributed by atoms with Gasteiger partial charge in [0.25, 0.3) is 0 Å². The van der Waals surface area contributed by atoms with E-state index in [0.29, 0.717) is 12.5 Å². The zero-order valence-corrected chi connectivity index (χ0v) is 16.3. The van der Waals surface area contributed by atoms with E-state index in [4.69, 9.17) is 10.5 Å². The van der Waals surface area contributed by atoms with Crippen LogP contribution in [0, 0.1) is 6.92 Å². The number of para-hydroxylation sites is 2. The maximum absolute atomic E-state index is 10.5. The zero-order valence-electron chi connectivity index (χ0n) is 16.3. The minimum absolute atomic E-state index is 0.227. The van der Waals surface area contributed by atoms with Gasteiger partial charge in [-0.05, 0) is 37.6 Å². The molecule has 0 aliphatic rings. The van der Waals surface area contributed by atoms with E-state index in [1.165, 1.54) is 18.4 Å². The van der Waals surface area contributed by atoms with Crippen molar-refractivity contribution in [3.05, 3.63) is 54.1 Å². The van der Waals surface area contributed by atoms with Gasteiger partial charge in [-0.2, -0.15) is 0 Å². The van der Waals surface area contributed by atoms with Crippen molar-refractivity contribution < 1.29 is 14.4 Å². The van der Waals surface area contributed by atoms with Crippen LogP contribution in [-0.4, -0.2) is 22.4 Å². The molecule has 3 aromatic rings. The van der Waals surface area contributed by atoms with Gasteiger partial charge in [0.2, 0.25) is 0 Å². The Morgan fingerprint density at radius 1 is 1.11 bits per heavy atom. The van der Waals surface area contributed by atoms with Gasteiger partial charge in [-0.3, -0.25) is 5.73 Å². The van der Waals surface area contributed by atoms with E-state index in [1.807, 2.05) is 47.9 Å². The van der Waals surface area contributed by atoms with Gasteiger partial charge in [0.05, 0.1) is 6.54 Å². The van der Waals surface area contributed by atoms with E-state index in [1.54, 1.807) is 0 Å². The summed E-state index contributed by atoms with van der Waals surface area (Å²) < 4.78 is 9.86. The van der Waals surface area contributed by atoms with Crippen LogP contribution in [0.5, 0.6) is 5.75 Å². The molecule has 1 heterocycles. The number of nitrogens with zero attached hydrogens (tertiary/aromatic N) is 2. The van der Waals surface area contributed by atoms with Gasteiger partial charge in [0.15, 0.2) is 0 Å². The molecule has 1 atom stereocenters. The smallest absolute Gasteiger partial charge is 0.356 e. The predicted octanol–water partition coefficient (Wildman–Crippen LogP) is 3.45. The molecule has 0 amide bonds. The normalized spacial score (nSPS) is 12.4. The molecular weight excluding hydrogens is 338 g/mol. The first-order chi connectivity index (χ1) is 13.1. The molecule has 27 heavy (non-hydrogen) atoms. The molecule has 0 saturated heterocycles. The van der Waals surface area contributed by atoms with E-state index >= 15 is 0 Å². The molecule has 0 radical (unpaired) electrons. The molecule has 3 N–H and O–H groups in total. The maximum Gasteiger partial charge on any atom is 0.356 e. The molecule has 1 aromatic heterocycles. The second-order valence-corrected chi connectivity index (χ2v) is 7.09. The van der Waals surface area contributed by atoms with Crippen molar-refractivity contribution in [1.82, 2.24) is 4.57 Å². The van der Waals surface area contributed by atoms with E-state index in [9.17, 15) is 5.11 Å². The molecule has 0 aliphatic heterocycles. The zero-order chi connectivity index (χ0) is 19.2. The minimum Gasteiger partial charge on any atom is -0.491 e. The summed E-state index contributed by atoms with van der Waals surface area (Å²) in [5.41, 5.74) is 9.78. The van der Waals surface area contributed by atoms with E-state index in [2.05, 4.69) is 23.6 Å². The van der Waals surface area contributed by atoms with E-state index < -0.39 is 6.10 Å². The van der Waals surface area contributed by atoms with Crippen molar-refractivity contribution in [2.45, 2.75) is 52.3 Å². The lowest BCUT2D eigenvalue weighted by Gasteiger charge is -2.12. The first-order valence-corrected chi connectivity index (χ1v) is 9.74. The molecule has 0 spiro atoms. The Balaban J connectivity index is 1.73. The molecule has 0 aliphatic carbocycles. The number of aromatic nitrogens is 2. The summed E-state index contributed by atoms with van der Waals surface area (Å²) in [6, 6.07) is 16.0. The third-order valence-electron chi connectivity index (χ3n) is 4.86. The number of anilines is 1. The highest BCUT2D eigenvalue weighted by molar-refractivity contribution is 5.73. The van der Waals surface area contributed by atoms with Gasteiger partial charge in [0, 0.05) is 0 Å². The van der Waals surface area contributed by atoms with Crippen molar-refractivity contribution in [3.8, 4) is 5.75 Å². The van der Waals surface area contributed by atoms with Crippen LogP contribution < -0.4 is 15.0 Å². The third-order valence-corrected chi connectivity index (χ3v) is 4.86. The number of nitrogens with two attached hydrogens (primary N) is 1. The fourth-order valence-electron chi connectivity index (χ4n) is 3.35. The average Bonchev–Trinajstić information content (AvgIpc) is 2.94. The second-order valence-electron chi connectivity index (χ2n) is 7.09. The summed E-state index contributed by atoms with van der Waals surface area (Å²) in [4.78, 5) is 0. The number of nitrogen functional groups attached to an aromatic ring is 1. The number of hydrogen-bond acceptors (Lipinski definition) is 3. The largest absolute Gasteiger partial charge is 0.491 e. The van der Waals surface area contributed by atoms with Gasteiger partial charge in [-0.15, -0.1) is 0 Å². The highest BCUT2D eigenvalue weighted by Crippen LogP contribution is 2.18. The fraction of sp³-hybridized carbons (Fsp3) is 0.409. The van der Waals surface area contributed by atoms with Crippen LogP contribution in [0.15, 0.2) is 48.5 Å². The van der Waals surface area contributed by atoms with E-state index in [0.717, 1.165) is 29.7 Å². The lowest BCUT2D eigenvalue weighted by Crippen LogP contribution is -2.43. The Morgan fingerprint density at radius 3 is 2.59 bits per heavy atom. The summed E-state index contributed by atoms with van der Waals surface area (Å²) in [7, 11) is 0. The van der Waals surface area contributed by atoms with Gasteiger partial charge in [-0.25, -0.2) is 9.13 Å². The Bertz CT molecular complexity index is 871. The lowest BCUT2D eigenvalue weighted by molar-refractivity contribution is -0.665. The summed E-state index contributed by atoms with van der Waals surface area (Å²) in [6.07, 6.45) is 2.81. The molecular formula is C22H30N3O2+. The minimum atomic E-state index is -0.645. The molecule has 0 saturated carbocycles. The fourth-order valence-corrected chi connectivity index (χ4v) is 3.35. The van der Waals surface area contributed by atoms with Crippen molar-refractivity contribution in [2.75, 3.05) is 12.3 Å². The number of aliphatic hydroxyl groups excluding tert-OH is 1. The van der Waals surface area contributed by atoms with Crippen LogP contribution >= 0.6 is 0 Å². The van der Waals surface area contributed by atoms with Crippen LogP contribution in [0.2, 0.25) is 0 Å². The first-order valence-electron chi connectivity index (χ1n) is 9.74. The van der Waals surface area contributed by atoms with Gasteiger partial charge >= 0.3 is 5.95 Å². The number of fused-ring (bicyclic) bond motifs is 1. The van der Waals surface area contributed by atoms with Crippen LogP contribution in [0.25, 0.3) is 11.0 Å². The second kappa shape index (κ2) is 8.91. The number of hydrogen-bond donors (Lipinski definition) is 2. The Hall–Kier alpha value is -2.53. The topological polar surface area (TPSA) is 64.3 Å². The summed E-state index contributed by atoms with van der Waals surface area (Å²) in [6.45, 7) is 5.75. The van der Waals surface area contributed by atoms with Crippen LogP contribution in [0.3, 0.4) is 0 Å². The highest BCUT2D eigenvalue weighted by Gasteiger charge is 2.22. The molecule has 3 rings (SSSR count). The number of unbranched alkanes of at least 4 members (excludes halogenated alkanes) is 2. The number of imidazole rings is 1. The molecule has 0 bridgehead atoms. The first kappa shape index (κ1) is 19.2. The molecule has 0 fully saturated rings. The van der Waals surface area contributed by atoms with Crippen molar-refractivity contribution >= 4 is 17.0 Å². The summed E-state index contributed by atoms with van der Waals surface area (Å²) in [5.74, 6) is 1.45. The SMILES string of the molecule is CCCCCn1c(N)[n+](C[C@H](O)COc2ccc(C)cc2)c2ccccc21. The summed E-state index contributed by atoms with van der Waals surface area (Å²) >= 11 is 0. The number of benzene rings is 2. The van der Waals surface area contributed by atoms with Gasteiger partial charge in [-0.1, -0.05) is 49.6 Å². The van der Waals surface area contributed by atoms with Crippen LogP contribution in [0.1, 0.15) is 31.7 Å². The number of aryl methyl sites for hydroxylation is 2. The lowest BCUT2D eigenvalue weighted by atomic mass is 10.2. The third kappa shape index (κ3) is 4.61. The average molecular weight is 369 g/mol. The standard InChI is InChI=1S/C22H29N3O2/c1-3-4-7-14-24-20-8-5-6-9-21(20)25(22(24)23)15-18(26)16-27-19-12-10-17(2)11-13-19/h5-6,8-13,18,23,26H,3-4,7,14-16H2,1-2H3/p+1/t18-/m0/s1. The number of ether oxygens (including phenoxy) is 1. The predicted molar refractivity (Wildman–Crippen MR) is 109 cm³/mol. The van der Waals surface area contributed by atoms with Crippen molar-refractivity contribution in [1.29, 1.82) is 0 Å². The highest BCUT2D eigenvalue weighted by atomic mass is 16.5. The van der Waals surface area contributed by atoms with Crippen molar-refractivity contribution in [3.63, 3.8) is 0 Å². The maximum atomic E-state index is 10.5. The number of rotatable bonds is 9. The molecule has 5 heteroatoms. The van der Waals surface area contributed by atoms with E-state index in [-0.39, 0.29) is 6.61 Å². The Kier molecular flexibility index (Phi) is 6.35. The van der Waals surface area contributed by atoms with Gasteiger partial charge in [0.1, 0.15) is 36.0 Å². The molecule has 5 nitrogen and oxygen atoms in total. The Morgan fingerprint density at radius 2 is 1.85 bits per heavy atom. The summed E-state index contributed by atoms with van der Waals surface area (Å²) in [5, 5.41) is 10.5. The van der Waals surface area contributed by atoms with Crippen LogP contribution in [-0.2, 0) is 13.1 Å². The monoisotopic (exact) mass is 368 g/mol. The van der Waals surface area contributed by atoms with Gasteiger partial charge < -0.3 is 9.84 Å². The molecule has 0 unspecified atom stereocenters. The number of aliphatic hydroxyl groups is 1. The molecule has 2 aromatic carbocycles. The quantitative estimate of drug-likeness (QED) is 0.449.